The minimum atomic E-state index is -0.552. The second-order valence-corrected chi connectivity index (χ2v) is 3.66. The molecule has 0 saturated heterocycles. The number of hydrogen-bond acceptors (Lipinski definition) is 4. The van der Waals surface area contributed by atoms with Crippen LogP contribution >= 0.6 is 12.6 Å². The van der Waals surface area contributed by atoms with Gasteiger partial charge in [0.2, 0.25) is 5.91 Å². The summed E-state index contributed by atoms with van der Waals surface area (Å²) in [6.07, 6.45) is 1.09. The van der Waals surface area contributed by atoms with Crippen molar-refractivity contribution in [2.24, 2.45) is 0 Å². The molecule has 86 valence electrons. The van der Waals surface area contributed by atoms with Crippen molar-refractivity contribution in [1.29, 1.82) is 0 Å². The molecule has 0 heterocycles. The number of benzene rings is 1. The Kier molecular flexibility index (Phi) is 4.85. The molecule has 0 saturated carbocycles. The fourth-order valence-electron chi connectivity index (χ4n) is 1.27. The van der Waals surface area contributed by atoms with Crippen molar-refractivity contribution >= 4 is 24.8 Å². The number of aromatic hydroxyl groups is 1. The van der Waals surface area contributed by atoms with Crippen LogP contribution < -0.4 is 5.32 Å². The van der Waals surface area contributed by atoms with Crippen LogP contribution in [0, 0.1) is 0 Å². The van der Waals surface area contributed by atoms with Crippen LogP contribution in [0.2, 0.25) is 0 Å². The summed E-state index contributed by atoms with van der Waals surface area (Å²) >= 11 is 3.81. The molecule has 0 bridgehead atoms. The van der Waals surface area contributed by atoms with Crippen molar-refractivity contribution < 1.29 is 14.7 Å². The van der Waals surface area contributed by atoms with Crippen molar-refractivity contribution in [3.8, 4) is 5.75 Å². The van der Waals surface area contributed by atoms with E-state index in [9.17, 15) is 9.59 Å². The van der Waals surface area contributed by atoms with E-state index in [0.29, 0.717) is 12.7 Å². The van der Waals surface area contributed by atoms with Gasteiger partial charge in [-0.15, -0.1) is 0 Å². The van der Waals surface area contributed by atoms with Gasteiger partial charge in [0.25, 0.3) is 0 Å². The number of nitrogens with one attached hydrogen (secondary N) is 1. The number of rotatable bonds is 5. The third-order valence-electron chi connectivity index (χ3n) is 2.05. The number of aldehydes is 1. The number of thiol groups is 1. The van der Waals surface area contributed by atoms with Crippen LogP contribution in [0.25, 0.3) is 0 Å². The second kappa shape index (κ2) is 6.17. The Hall–Kier alpha value is -1.49. The summed E-state index contributed by atoms with van der Waals surface area (Å²) < 4.78 is 0. The van der Waals surface area contributed by atoms with Gasteiger partial charge in [-0.2, -0.15) is 12.6 Å². The zero-order valence-corrected chi connectivity index (χ0v) is 9.48. The Morgan fingerprint density at radius 3 is 2.56 bits per heavy atom. The first kappa shape index (κ1) is 12.6. The third kappa shape index (κ3) is 3.94. The zero-order valence-electron chi connectivity index (χ0n) is 8.59. The molecule has 0 aliphatic rings. The first-order valence-electron chi connectivity index (χ1n) is 4.79. The van der Waals surface area contributed by atoms with E-state index in [1.165, 1.54) is 12.1 Å². The highest BCUT2D eigenvalue weighted by Crippen LogP contribution is 2.10. The Morgan fingerprint density at radius 1 is 1.44 bits per heavy atom. The summed E-state index contributed by atoms with van der Waals surface area (Å²) in [5.41, 5.74) is 0.870. The molecule has 0 spiro atoms. The molecule has 4 nitrogen and oxygen atoms in total. The zero-order chi connectivity index (χ0) is 12.0. The van der Waals surface area contributed by atoms with Crippen LogP contribution in [-0.2, 0) is 16.0 Å². The normalized spacial score (nSPS) is 11.8. The average Bonchev–Trinajstić information content (AvgIpc) is 2.30. The van der Waals surface area contributed by atoms with Gasteiger partial charge in [0.05, 0.1) is 11.8 Å². The van der Waals surface area contributed by atoms with Gasteiger partial charge in [-0.05, 0) is 24.1 Å². The maximum Gasteiger partial charge on any atom is 0.230 e. The van der Waals surface area contributed by atoms with Gasteiger partial charge >= 0.3 is 0 Å². The lowest BCUT2D eigenvalue weighted by atomic mass is 10.1. The molecule has 1 atom stereocenters. The summed E-state index contributed by atoms with van der Waals surface area (Å²) in [7, 11) is 0. The lowest BCUT2D eigenvalue weighted by Crippen LogP contribution is -2.38. The number of hydrogen-bond donors (Lipinski definition) is 3. The fourth-order valence-corrected chi connectivity index (χ4v) is 1.36. The molecular weight excluding hydrogens is 226 g/mol. The quantitative estimate of drug-likeness (QED) is 0.519. The molecule has 1 amide bonds. The summed E-state index contributed by atoms with van der Waals surface area (Å²) in [6.45, 7) is 0. The molecule has 16 heavy (non-hydrogen) atoms. The minimum Gasteiger partial charge on any atom is -0.508 e. The van der Waals surface area contributed by atoms with Crippen molar-refractivity contribution in [3.63, 3.8) is 0 Å². The molecular formula is C11H13NO3S. The average molecular weight is 239 g/mol. The van der Waals surface area contributed by atoms with Crippen LogP contribution in [0.1, 0.15) is 5.56 Å². The SMILES string of the molecule is O=C[C@@H](Cc1ccc(O)cc1)NC(=O)CS. The summed E-state index contributed by atoms with van der Waals surface area (Å²) in [4.78, 5) is 21.8. The molecule has 2 N–H and O–H groups in total. The standard InChI is InChI=1S/C11H13NO3S/c13-6-9(12-11(15)7-16)5-8-1-3-10(14)4-2-8/h1-4,6,9,14,16H,5,7H2,(H,12,15)/t9-/m1/s1. The molecule has 0 aliphatic heterocycles. The number of amides is 1. The van der Waals surface area contributed by atoms with Gasteiger partial charge in [0, 0.05) is 0 Å². The maximum atomic E-state index is 11.0. The third-order valence-corrected chi connectivity index (χ3v) is 2.33. The van der Waals surface area contributed by atoms with Gasteiger partial charge in [-0.1, -0.05) is 12.1 Å². The van der Waals surface area contributed by atoms with Crippen LogP contribution in [0.3, 0.4) is 0 Å². The Balaban J connectivity index is 2.59. The first-order chi connectivity index (χ1) is 7.65. The van der Waals surface area contributed by atoms with Crippen molar-refractivity contribution in [1.82, 2.24) is 5.32 Å². The van der Waals surface area contributed by atoms with Crippen molar-refractivity contribution in [2.75, 3.05) is 5.75 Å². The smallest absolute Gasteiger partial charge is 0.230 e. The molecule has 0 fully saturated rings. The lowest BCUT2D eigenvalue weighted by Gasteiger charge is -2.11. The van der Waals surface area contributed by atoms with E-state index in [0.717, 1.165) is 5.56 Å². The number of phenolic OH excluding ortho intramolecular Hbond substituents is 1. The van der Waals surface area contributed by atoms with Gasteiger partial charge < -0.3 is 15.2 Å². The topological polar surface area (TPSA) is 66.4 Å². The molecule has 1 rings (SSSR count). The predicted octanol–water partition coefficient (Wildman–Crippen LogP) is 0.548. The van der Waals surface area contributed by atoms with Gasteiger partial charge in [-0.3, -0.25) is 4.79 Å². The second-order valence-electron chi connectivity index (χ2n) is 3.34. The summed E-state index contributed by atoms with van der Waals surface area (Å²) in [6, 6.07) is 5.94. The summed E-state index contributed by atoms with van der Waals surface area (Å²) in [5.74, 6) is -0.0510. The summed E-state index contributed by atoms with van der Waals surface area (Å²) in [5, 5.41) is 11.6. The van der Waals surface area contributed by atoms with Crippen LogP contribution in [0.15, 0.2) is 24.3 Å². The molecule has 0 radical (unpaired) electrons. The fraction of sp³-hybridized carbons (Fsp3) is 0.273. The van der Waals surface area contributed by atoms with Gasteiger partial charge in [0.15, 0.2) is 0 Å². The molecule has 1 aromatic carbocycles. The van der Waals surface area contributed by atoms with Crippen LogP contribution in [0.5, 0.6) is 5.75 Å². The predicted molar refractivity (Wildman–Crippen MR) is 63.7 cm³/mol. The lowest BCUT2D eigenvalue weighted by molar-refractivity contribution is -0.121. The van der Waals surface area contributed by atoms with Crippen molar-refractivity contribution in [3.05, 3.63) is 29.8 Å². The first-order valence-corrected chi connectivity index (χ1v) is 5.42. The minimum absolute atomic E-state index is 0.0555. The van der Waals surface area contributed by atoms with E-state index in [-0.39, 0.29) is 17.4 Å². The molecule has 1 aromatic rings. The van der Waals surface area contributed by atoms with Crippen LogP contribution in [0.4, 0.5) is 0 Å². The van der Waals surface area contributed by atoms with E-state index in [2.05, 4.69) is 17.9 Å². The Bertz CT molecular complexity index is 364. The van der Waals surface area contributed by atoms with Crippen LogP contribution in [-0.4, -0.2) is 29.1 Å². The maximum absolute atomic E-state index is 11.0. The highest BCUT2D eigenvalue weighted by molar-refractivity contribution is 7.81. The highest BCUT2D eigenvalue weighted by atomic mass is 32.1. The van der Waals surface area contributed by atoms with E-state index in [4.69, 9.17) is 5.11 Å². The highest BCUT2D eigenvalue weighted by Gasteiger charge is 2.10. The van der Waals surface area contributed by atoms with E-state index >= 15 is 0 Å². The molecule has 0 aliphatic carbocycles. The monoisotopic (exact) mass is 239 g/mol. The Labute approximate surface area is 99.1 Å². The number of carbonyl (C=O) groups is 2. The van der Waals surface area contributed by atoms with E-state index in [1.807, 2.05) is 0 Å². The Morgan fingerprint density at radius 2 is 2.06 bits per heavy atom. The number of carbonyl (C=O) groups excluding carboxylic acids is 2. The van der Waals surface area contributed by atoms with E-state index < -0.39 is 6.04 Å². The number of phenols is 1. The van der Waals surface area contributed by atoms with Crippen molar-refractivity contribution in [2.45, 2.75) is 12.5 Å². The van der Waals surface area contributed by atoms with E-state index in [1.54, 1.807) is 12.1 Å². The molecule has 0 unspecified atom stereocenters. The molecule has 0 aromatic heterocycles. The van der Waals surface area contributed by atoms with Gasteiger partial charge in [-0.25, -0.2) is 0 Å². The largest absolute Gasteiger partial charge is 0.508 e. The van der Waals surface area contributed by atoms with Gasteiger partial charge in [0.1, 0.15) is 12.0 Å². The molecule has 5 heteroatoms.